The second-order valence-electron chi connectivity index (χ2n) is 7.19. The zero-order valence-electron chi connectivity index (χ0n) is 13.4. The molecule has 3 heteroatoms. The highest BCUT2D eigenvalue weighted by molar-refractivity contribution is 5.89. The first-order chi connectivity index (χ1) is 9.07. The molecule has 0 unspecified atom stereocenters. The van der Waals surface area contributed by atoms with Crippen molar-refractivity contribution < 1.29 is 14.3 Å². The van der Waals surface area contributed by atoms with Crippen LogP contribution < -0.4 is 4.74 Å². The van der Waals surface area contributed by atoms with Crippen molar-refractivity contribution in [3.63, 3.8) is 0 Å². The van der Waals surface area contributed by atoms with Crippen molar-refractivity contribution in [3.05, 3.63) is 29.8 Å². The lowest BCUT2D eigenvalue weighted by molar-refractivity contribution is 0.00695. The van der Waals surface area contributed by atoms with Gasteiger partial charge in [0, 0.05) is 0 Å². The molecule has 112 valence electrons. The molecule has 0 aliphatic rings. The molecule has 0 atom stereocenters. The molecule has 0 heterocycles. The average Bonchev–Trinajstić information content (AvgIpc) is 2.25. The predicted octanol–water partition coefficient (Wildman–Crippen LogP) is 4.46. The van der Waals surface area contributed by atoms with Gasteiger partial charge in [0.15, 0.2) is 0 Å². The standard InChI is InChI=1S/C17H26O3/c1-16(2,3)11-12-19-14-9-7-13(8-10-14)15(18)20-17(4,5)6/h7-10H,11-12H2,1-6H3. The fourth-order valence-corrected chi connectivity index (χ4v) is 1.50. The van der Waals surface area contributed by atoms with Crippen LogP contribution in [0.5, 0.6) is 5.75 Å². The second-order valence-corrected chi connectivity index (χ2v) is 7.19. The van der Waals surface area contributed by atoms with E-state index in [1.807, 2.05) is 32.9 Å². The summed E-state index contributed by atoms with van der Waals surface area (Å²) in [6.07, 6.45) is 0.987. The van der Waals surface area contributed by atoms with Gasteiger partial charge in [-0.25, -0.2) is 4.79 Å². The Bertz CT molecular complexity index is 433. The third-order valence-corrected chi connectivity index (χ3v) is 2.61. The fourth-order valence-electron chi connectivity index (χ4n) is 1.50. The molecular weight excluding hydrogens is 252 g/mol. The van der Waals surface area contributed by atoms with Crippen LogP contribution in [0.25, 0.3) is 0 Å². The summed E-state index contributed by atoms with van der Waals surface area (Å²) in [7, 11) is 0. The molecule has 0 bridgehead atoms. The van der Waals surface area contributed by atoms with Crippen LogP contribution in [0.4, 0.5) is 0 Å². The van der Waals surface area contributed by atoms with Crippen molar-refractivity contribution in [2.24, 2.45) is 5.41 Å². The summed E-state index contributed by atoms with van der Waals surface area (Å²) >= 11 is 0. The van der Waals surface area contributed by atoms with E-state index in [9.17, 15) is 4.79 Å². The molecule has 0 radical (unpaired) electrons. The van der Waals surface area contributed by atoms with Crippen LogP contribution in [-0.2, 0) is 4.74 Å². The lowest BCUT2D eigenvalue weighted by Gasteiger charge is -2.19. The molecule has 1 aromatic carbocycles. The lowest BCUT2D eigenvalue weighted by Crippen LogP contribution is -2.23. The van der Waals surface area contributed by atoms with Gasteiger partial charge in [-0.2, -0.15) is 0 Å². The van der Waals surface area contributed by atoms with Gasteiger partial charge >= 0.3 is 5.97 Å². The smallest absolute Gasteiger partial charge is 0.338 e. The summed E-state index contributed by atoms with van der Waals surface area (Å²) in [5, 5.41) is 0. The Morgan fingerprint density at radius 3 is 2.00 bits per heavy atom. The van der Waals surface area contributed by atoms with E-state index in [1.54, 1.807) is 12.1 Å². The summed E-state index contributed by atoms with van der Waals surface area (Å²) in [4.78, 5) is 11.9. The molecule has 20 heavy (non-hydrogen) atoms. The number of esters is 1. The van der Waals surface area contributed by atoms with Crippen LogP contribution in [-0.4, -0.2) is 18.2 Å². The Morgan fingerprint density at radius 2 is 1.55 bits per heavy atom. The van der Waals surface area contributed by atoms with Crippen molar-refractivity contribution in [1.29, 1.82) is 0 Å². The highest BCUT2D eigenvalue weighted by atomic mass is 16.6. The van der Waals surface area contributed by atoms with Crippen LogP contribution in [0.1, 0.15) is 58.3 Å². The Morgan fingerprint density at radius 1 is 1.00 bits per heavy atom. The minimum atomic E-state index is -0.473. The third kappa shape index (κ3) is 6.60. The predicted molar refractivity (Wildman–Crippen MR) is 81.2 cm³/mol. The Hall–Kier alpha value is -1.51. The van der Waals surface area contributed by atoms with E-state index in [1.165, 1.54) is 0 Å². The number of hydrogen-bond acceptors (Lipinski definition) is 3. The van der Waals surface area contributed by atoms with Gasteiger partial charge in [-0.1, -0.05) is 20.8 Å². The molecule has 0 spiro atoms. The topological polar surface area (TPSA) is 35.5 Å². The summed E-state index contributed by atoms with van der Waals surface area (Å²) < 4.78 is 11.0. The van der Waals surface area contributed by atoms with Gasteiger partial charge in [0.25, 0.3) is 0 Å². The van der Waals surface area contributed by atoms with Crippen LogP contribution in [0.3, 0.4) is 0 Å². The molecule has 1 rings (SSSR count). The van der Waals surface area contributed by atoms with Gasteiger partial charge in [0.2, 0.25) is 0 Å². The zero-order valence-corrected chi connectivity index (χ0v) is 13.4. The van der Waals surface area contributed by atoms with Crippen LogP contribution in [0.15, 0.2) is 24.3 Å². The van der Waals surface area contributed by atoms with Gasteiger partial charge in [0.1, 0.15) is 11.4 Å². The van der Waals surface area contributed by atoms with E-state index in [2.05, 4.69) is 20.8 Å². The number of benzene rings is 1. The normalized spacial score (nSPS) is 12.1. The Kier molecular flexibility index (Phi) is 5.21. The molecule has 0 aliphatic carbocycles. The lowest BCUT2D eigenvalue weighted by atomic mass is 9.93. The molecule has 0 amide bonds. The maximum absolute atomic E-state index is 11.9. The summed E-state index contributed by atoms with van der Waals surface area (Å²) in [6, 6.07) is 7.09. The number of hydrogen-bond donors (Lipinski definition) is 0. The first kappa shape index (κ1) is 16.5. The number of carbonyl (C=O) groups is 1. The third-order valence-electron chi connectivity index (χ3n) is 2.61. The molecule has 0 aliphatic heterocycles. The molecule has 0 N–H and O–H groups in total. The fraction of sp³-hybridized carbons (Fsp3) is 0.588. The monoisotopic (exact) mass is 278 g/mol. The molecule has 0 fully saturated rings. The van der Waals surface area contributed by atoms with E-state index in [0.717, 1.165) is 12.2 Å². The minimum absolute atomic E-state index is 0.260. The van der Waals surface area contributed by atoms with Gasteiger partial charge in [-0.05, 0) is 56.9 Å². The number of carbonyl (C=O) groups excluding carboxylic acids is 1. The zero-order chi connectivity index (χ0) is 15.4. The minimum Gasteiger partial charge on any atom is -0.494 e. The molecule has 1 aromatic rings. The SMILES string of the molecule is CC(C)(C)CCOc1ccc(C(=O)OC(C)(C)C)cc1. The van der Waals surface area contributed by atoms with Crippen molar-refractivity contribution in [1.82, 2.24) is 0 Å². The van der Waals surface area contributed by atoms with Crippen LogP contribution >= 0.6 is 0 Å². The largest absolute Gasteiger partial charge is 0.494 e. The first-order valence-electron chi connectivity index (χ1n) is 7.03. The first-order valence-corrected chi connectivity index (χ1v) is 7.03. The second kappa shape index (κ2) is 6.29. The van der Waals surface area contributed by atoms with E-state index in [4.69, 9.17) is 9.47 Å². The summed E-state index contributed by atoms with van der Waals surface area (Å²) in [5.74, 6) is 0.473. The maximum atomic E-state index is 11.9. The Labute approximate surface area is 122 Å². The van der Waals surface area contributed by atoms with Crippen LogP contribution in [0.2, 0.25) is 0 Å². The van der Waals surface area contributed by atoms with E-state index in [0.29, 0.717) is 12.2 Å². The van der Waals surface area contributed by atoms with Gasteiger partial charge in [0.05, 0.1) is 12.2 Å². The number of rotatable bonds is 4. The maximum Gasteiger partial charge on any atom is 0.338 e. The van der Waals surface area contributed by atoms with E-state index < -0.39 is 5.60 Å². The Balaban J connectivity index is 2.54. The summed E-state index contributed by atoms with van der Waals surface area (Å²) in [5.41, 5.74) is 0.332. The molecule has 0 saturated heterocycles. The highest BCUT2D eigenvalue weighted by Gasteiger charge is 2.17. The van der Waals surface area contributed by atoms with E-state index in [-0.39, 0.29) is 11.4 Å². The number of ether oxygens (including phenoxy) is 2. The van der Waals surface area contributed by atoms with Gasteiger partial charge in [-0.3, -0.25) is 0 Å². The van der Waals surface area contributed by atoms with Crippen LogP contribution in [0, 0.1) is 5.41 Å². The van der Waals surface area contributed by atoms with Gasteiger partial charge < -0.3 is 9.47 Å². The van der Waals surface area contributed by atoms with Crippen molar-refractivity contribution in [2.75, 3.05) is 6.61 Å². The van der Waals surface area contributed by atoms with Crippen molar-refractivity contribution in [3.8, 4) is 5.75 Å². The molecule has 0 saturated carbocycles. The molecular formula is C17H26O3. The van der Waals surface area contributed by atoms with Gasteiger partial charge in [-0.15, -0.1) is 0 Å². The van der Waals surface area contributed by atoms with E-state index >= 15 is 0 Å². The quantitative estimate of drug-likeness (QED) is 0.763. The molecule has 3 nitrogen and oxygen atoms in total. The average molecular weight is 278 g/mol. The van der Waals surface area contributed by atoms with Crippen molar-refractivity contribution >= 4 is 5.97 Å². The molecule has 0 aromatic heterocycles. The highest BCUT2D eigenvalue weighted by Crippen LogP contribution is 2.20. The van der Waals surface area contributed by atoms with Crippen molar-refractivity contribution in [2.45, 2.75) is 53.6 Å². The summed E-state index contributed by atoms with van der Waals surface area (Å²) in [6.45, 7) is 12.8.